The lowest BCUT2D eigenvalue weighted by Crippen LogP contribution is -2.58. The van der Waals surface area contributed by atoms with Crippen LogP contribution in [-0.4, -0.2) is 54.3 Å². The minimum Gasteiger partial charge on any atom is -0.390 e. The van der Waals surface area contributed by atoms with Crippen LogP contribution in [0, 0.1) is 0 Å². The highest BCUT2D eigenvalue weighted by molar-refractivity contribution is 7.91. The van der Waals surface area contributed by atoms with Crippen molar-refractivity contribution >= 4 is 9.84 Å². The van der Waals surface area contributed by atoms with Crippen LogP contribution in [0.5, 0.6) is 0 Å². The van der Waals surface area contributed by atoms with E-state index in [-0.39, 0.29) is 17.5 Å². The first-order chi connectivity index (χ1) is 7.89. The monoisotopic (exact) mass is 262 g/mol. The summed E-state index contributed by atoms with van der Waals surface area (Å²) < 4.78 is 22.9. The van der Waals surface area contributed by atoms with Gasteiger partial charge in [-0.15, -0.1) is 0 Å². The van der Waals surface area contributed by atoms with Crippen LogP contribution in [0.2, 0.25) is 0 Å². The maximum atomic E-state index is 11.4. The summed E-state index contributed by atoms with van der Waals surface area (Å²) in [7, 11) is -3.07. The Hall–Kier alpha value is -0.170. The molecule has 0 bridgehead atoms. The number of rotatable bonds is 2. The standard InChI is InChI=1S/C11H22N2O3S/c1-8-4-3-5-9(2)13(8)12-10-6-17(15,16)7-11(10)14/h8-12,14H,3-7H2,1-2H3. The molecule has 2 rings (SSSR count). The van der Waals surface area contributed by atoms with Gasteiger partial charge in [0.2, 0.25) is 0 Å². The average molecular weight is 262 g/mol. The van der Waals surface area contributed by atoms with Gasteiger partial charge >= 0.3 is 0 Å². The fourth-order valence-electron chi connectivity index (χ4n) is 2.82. The van der Waals surface area contributed by atoms with Gasteiger partial charge in [0.25, 0.3) is 0 Å². The van der Waals surface area contributed by atoms with Crippen molar-refractivity contribution in [2.45, 2.75) is 57.3 Å². The summed E-state index contributed by atoms with van der Waals surface area (Å²) in [5.41, 5.74) is 3.23. The highest BCUT2D eigenvalue weighted by Gasteiger charge is 2.39. The molecule has 0 aromatic rings. The summed E-state index contributed by atoms with van der Waals surface area (Å²) in [6.45, 7) is 4.27. The summed E-state index contributed by atoms with van der Waals surface area (Å²) in [6, 6.07) is 0.450. The molecule has 2 fully saturated rings. The number of hydrazine groups is 1. The summed E-state index contributed by atoms with van der Waals surface area (Å²) in [4.78, 5) is 0. The SMILES string of the molecule is CC1CCCC(C)N1NC1CS(=O)(=O)CC1O. The van der Waals surface area contributed by atoms with Crippen molar-refractivity contribution in [3.8, 4) is 0 Å². The van der Waals surface area contributed by atoms with Crippen LogP contribution < -0.4 is 5.43 Å². The molecule has 4 atom stereocenters. The van der Waals surface area contributed by atoms with Crippen LogP contribution in [0.25, 0.3) is 0 Å². The van der Waals surface area contributed by atoms with Crippen molar-refractivity contribution in [1.82, 2.24) is 10.4 Å². The van der Waals surface area contributed by atoms with Gasteiger partial charge in [-0.2, -0.15) is 0 Å². The minimum absolute atomic E-state index is 0.0457. The van der Waals surface area contributed by atoms with Crippen molar-refractivity contribution < 1.29 is 13.5 Å². The maximum Gasteiger partial charge on any atom is 0.154 e. The van der Waals surface area contributed by atoms with E-state index in [0.717, 1.165) is 12.8 Å². The molecular formula is C11H22N2O3S. The van der Waals surface area contributed by atoms with Crippen molar-refractivity contribution in [1.29, 1.82) is 0 Å². The molecule has 0 aromatic heterocycles. The maximum absolute atomic E-state index is 11.4. The molecule has 17 heavy (non-hydrogen) atoms. The molecular weight excluding hydrogens is 240 g/mol. The number of hydrogen-bond acceptors (Lipinski definition) is 5. The van der Waals surface area contributed by atoms with Gasteiger partial charge in [0.1, 0.15) is 0 Å². The van der Waals surface area contributed by atoms with E-state index in [2.05, 4.69) is 24.3 Å². The highest BCUT2D eigenvalue weighted by atomic mass is 32.2. The Morgan fingerprint density at radius 1 is 1.18 bits per heavy atom. The molecule has 100 valence electrons. The van der Waals surface area contributed by atoms with E-state index >= 15 is 0 Å². The lowest BCUT2D eigenvalue weighted by Gasteiger charge is -2.41. The van der Waals surface area contributed by atoms with Crippen molar-refractivity contribution in [3.63, 3.8) is 0 Å². The minimum atomic E-state index is -3.07. The zero-order chi connectivity index (χ0) is 12.6. The smallest absolute Gasteiger partial charge is 0.154 e. The van der Waals surface area contributed by atoms with Crippen LogP contribution in [-0.2, 0) is 9.84 Å². The average Bonchev–Trinajstić information content (AvgIpc) is 2.46. The second-order valence-corrected chi connectivity index (χ2v) is 7.57. The third-order valence-electron chi connectivity index (χ3n) is 3.83. The van der Waals surface area contributed by atoms with Gasteiger partial charge in [0.15, 0.2) is 9.84 Å². The second-order valence-electron chi connectivity index (χ2n) is 5.42. The Kier molecular flexibility index (Phi) is 3.77. The van der Waals surface area contributed by atoms with Crippen LogP contribution in [0.1, 0.15) is 33.1 Å². The summed E-state index contributed by atoms with van der Waals surface area (Å²) in [6.07, 6.45) is 2.67. The zero-order valence-electron chi connectivity index (χ0n) is 10.5. The first-order valence-corrected chi connectivity index (χ1v) is 8.14. The largest absolute Gasteiger partial charge is 0.390 e. The molecule has 4 unspecified atom stereocenters. The molecule has 5 nitrogen and oxygen atoms in total. The summed E-state index contributed by atoms with van der Waals surface area (Å²) >= 11 is 0. The molecule has 2 N–H and O–H groups in total. The molecule has 0 aliphatic carbocycles. The molecule has 0 radical (unpaired) electrons. The van der Waals surface area contributed by atoms with E-state index in [1.165, 1.54) is 6.42 Å². The molecule has 0 spiro atoms. The molecule has 2 saturated heterocycles. The lowest BCUT2D eigenvalue weighted by molar-refractivity contribution is 0.0104. The normalized spacial score (nSPS) is 42.8. The van der Waals surface area contributed by atoms with Crippen LogP contribution in [0.3, 0.4) is 0 Å². The topological polar surface area (TPSA) is 69.6 Å². The highest BCUT2D eigenvalue weighted by Crippen LogP contribution is 2.22. The number of nitrogens with zero attached hydrogens (tertiary/aromatic N) is 1. The number of aliphatic hydroxyl groups is 1. The van der Waals surface area contributed by atoms with Gasteiger partial charge in [-0.3, -0.25) is 0 Å². The molecule has 0 aromatic carbocycles. The predicted octanol–water partition coefficient (Wildman–Crippen LogP) is -0.0882. The Balaban J connectivity index is 2.00. The van der Waals surface area contributed by atoms with E-state index in [0.29, 0.717) is 12.1 Å². The Bertz CT molecular complexity index is 361. The van der Waals surface area contributed by atoms with Crippen molar-refractivity contribution in [2.75, 3.05) is 11.5 Å². The number of piperidine rings is 1. The van der Waals surface area contributed by atoms with Gasteiger partial charge in [-0.25, -0.2) is 18.9 Å². The Morgan fingerprint density at radius 3 is 2.24 bits per heavy atom. The van der Waals surface area contributed by atoms with Gasteiger partial charge in [0.05, 0.1) is 23.7 Å². The second kappa shape index (κ2) is 4.84. The van der Waals surface area contributed by atoms with E-state index in [9.17, 15) is 13.5 Å². The molecule has 0 saturated carbocycles. The molecule has 0 amide bonds. The van der Waals surface area contributed by atoms with E-state index in [1.807, 2.05) is 0 Å². The quantitative estimate of drug-likeness (QED) is 0.728. The Morgan fingerprint density at radius 2 is 1.76 bits per heavy atom. The lowest BCUT2D eigenvalue weighted by atomic mass is 9.99. The van der Waals surface area contributed by atoms with Gasteiger partial charge in [-0.05, 0) is 26.7 Å². The van der Waals surface area contributed by atoms with Crippen molar-refractivity contribution in [3.05, 3.63) is 0 Å². The molecule has 2 aliphatic heterocycles. The number of nitrogens with one attached hydrogen (secondary N) is 1. The van der Waals surface area contributed by atoms with Crippen LogP contribution >= 0.6 is 0 Å². The predicted molar refractivity (Wildman–Crippen MR) is 66.2 cm³/mol. The van der Waals surface area contributed by atoms with E-state index < -0.39 is 15.9 Å². The third kappa shape index (κ3) is 2.99. The first kappa shape index (κ1) is 13.3. The fraction of sp³-hybridized carbons (Fsp3) is 1.00. The molecule has 2 heterocycles. The summed E-state index contributed by atoms with van der Waals surface area (Å²) in [5.74, 6) is -0.0641. The summed E-state index contributed by atoms with van der Waals surface area (Å²) in [5, 5.41) is 11.9. The molecule has 2 aliphatic rings. The van der Waals surface area contributed by atoms with Gasteiger partial charge in [-0.1, -0.05) is 6.42 Å². The number of sulfone groups is 1. The Labute approximate surface area is 103 Å². The van der Waals surface area contributed by atoms with Crippen LogP contribution in [0.4, 0.5) is 0 Å². The number of aliphatic hydroxyl groups excluding tert-OH is 1. The van der Waals surface area contributed by atoms with Gasteiger partial charge in [0, 0.05) is 12.1 Å². The van der Waals surface area contributed by atoms with Crippen LogP contribution in [0.15, 0.2) is 0 Å². The third-order valence-corrected chi connectivity index (χ3v) is 5.55. The van der Waals surface area contributed by atoms with E-state index in [4.69, 9.17) is 0 Å². The number of hydrogen-bond donors (Lipinski definition) is 2. The van der Waals surface area contributed by atoms with E-state index in [1.54, 1.807) is 0 Å². The zero-order valence-corrected chi connectivity index (χ0v) is 11.3. The first-order valence-electron chi connectivity index (χ1n) is 6.32. The van der Waals surface area contributed by atoms with Gasteiger partial charge < -0.3 is 5.11 Å². The molecule has 6 heteroatoms. The van der Waals surface area contributed by atoms with Crippen molar-refractivity contribution in [2.24, 2.45) is 0 Å². The fourth-order valence-corrected chi connectivity index (χ4v) is 4.55.